The molecule has 1 unspecified atom stereocenters. The molecule has 0 fully saturated rings. The molecule has 16 heavy (non-hydrogen) atoms. The molecule has 0 aliphatic carbocycles. The Kier molecular flexibility index (Phi) is 3.36. The maximum absolute atomic E-state index is 5.70. The lowest BCUT2D eigenvalue weighted by atomic mass is 10.1. The topological polar surface area (TPSA) is 38.9 Å². The molecule has 2 nitrogen and oxygen atoms in total. The van der Waals surface area contributed by atoms with E-state index >= 15 is 0 Å². The van der Waals surface area contributed by atoms with Crippen molar-refractivity contribution in [2.45, 2.75) is 13.0 Å². The minimum absolute atomic E-state index is 0.0578. The normalized spacial score (nSPS) is 13.4. The molecule has 82 valence electrons. The van der Waals surface area contributed by atoms with Crippen LogP contribution < -0.4 is 5.73 Å². The number of halogens is 1. The molecule has 1 heterocycles. The van der Waals surface area contributed by atoms with E-state index < -0.39 is 0 Å². The summed E-state index contributed by atoms with van der Waals surface area (Å²) in [5, 5.41) is 1.12. The van der Waals surface area contributed by atoms with Crippen LogP contribution in [0.15, 0.2) is 41.0 Å². The van der Waals surface area contributed by atoms with Gasteiger partial charge in [-0.3, -0.25) is 4.98 Å². The van der Waals surface area contributed by atoms with Crippen LogP contribution in [0.2, 0.25) is 0 Å². The van der Waals surface area contributed by atoms with Gasteiger partial charge in [0.25, 0.3) is 0 Å². The summed E-state index contributed by atoms with van der Waals surface area (Å²) in [6.45, 7) is 1.95. The first-order valence-corrected chi connectivity index (χ1v) is 5.95. The Labute approximate surface area is 103 Å². The lowest BCUT2D eigenvalue weighted by Gasteiger charge is -2.04. The second kappa shape index (κ2) is 4.76. The predicted octanol–water partition coefficient (Wildman–Crippen LogP) is 3.36. The molecule has 0 aliphatic rings. The van der Waals surface area contributed by atoms with E-state index in [0.717, 1.165) is 20.9 Å². The second-order valence-corrected chi connectivity index (χ2v) is 4.61. The van der Waals surface area contributed by atoms with E-state index in [0.29, 0.717) is 0 Å². The lowest BCUT2D eigenvalue weighted by Crippen LogP contribution is -2.09. The number of benzene rings is 1. The van der Waals surface area contributed by atoms with E-state index in [1.165, 1.54) is 0 Å². The fraction of sp³-hybridized carbons (Fsp3) is 0.154. The fourth-order valence-electron chi connectivity index (χ4n) is 1.55. The van der Waals surface area contributed by atoms with E-state index in [1.54, 1.807) is 6.20 Å². The van der Waals surface area contributed by atoms with Crippen molar-refractivity contribution in [3.8, 4) is 0 Å². The smallest absolute Gasteiger partial charge is 0.0785 e. The Morgan fingerprint density at radius 2 is 2.19 bits per heavy atom. The van der Waals surface area contributed by atoms with Gasteiger partial charge in [-0.05, 0) is 19.1 Å². The Bertz CT molecular complexity index is 532. The molecule has 0 bridgehead atoms. The standard InChI is InChI=1S/C13H13BrN2/c1-9(15)4-5-10-6-7-12(14)11-3-2-8-16-13(10)11/h2-9H,15H2,1H3/b5-4+. The quantitative estimate of drug-likeness (QED) is 0.914. The van der Waals surface area contributed by atoms with Gasteiger partial charge in [0.05, 0.1) is 5.52 Å². The highest BCUT2D eigenvalue weighted by Gasteiger charge is 2.02. The Morgan fingerprint density at radius 1 is 1.38 bits per heavy atom. The van der Waals surface area contributed by atoms with Crippen LogP contribution in [-0.4, -0.2) is 11.0 Å². The van der Waals surface area contributed by atoms with Crippen molar-refractivity contribution >= 4 is 32.9 Å². The van der Waals surface area contributed by atoms with Crippen LogP contribution >= 0.6 is 15.9 Å². The van der Waals surface area contributed by atoms with Crippen molar-refractivity contribution in [2.24, 2.45) is 5.73 Å². The van der Waals surface area contributed by atoms with Gasteiger partial charge < -0.3 is 5.73 Å². The monoisotopic (exact) mass is 276 g/mol. The third-order valence-corrected chi connectivity index (χ3v) is 3.02. The number of rotatable bonds is 2. The van der Waals surface area contributed by atoms with Crippen LogP contribution in [0.25, 0.3) is 17.0 Å². The third kappa shape index (κ3) is 2.31. The molecular weight excluding hydrogens is 264 g/mol. The lowest BCUT2D eigenvalue weighted by molar-refractivity contribution is 0.931. The van der Waals surface area contributed by atoms with Crippen molar-refractivity contribution in [3.05, 3.63) is 46.6 Å². The molecule has 1 atom stereocenters. The highest BCUT2D eigenvalue weighted by atomic mass is 79.9. The molecule has 0 spiro atoms. The van der Waals surface area contributed by atoms with E-state index in [2.05, 4.69) is 27.0 Å². The predicted molar refractivity (Wildman–Crippen MR) is 72.1 cm³/mol. The van der Waals surface area contributed by atoms with Crippen LogP contribution in [0.3, 0.4) is 0 Å². The van der Waals surface area contributed by atoms with E-state index in [9.17, 15) is 0 Å². The van der Waals surface area contributed by atoms with E-state index in [-0.39, 0.29) is 6.04 Å². The third-order valence-electron chi connectivity index (χ3n) is 2.33. The average Bonchev–Trinajstić information content (AvgIpc) is 2.28. The summed E-state index contributed by atoms with van der Waals surface area (Å²) in [6.07, 6.45) is 5.79. The highest BCUT2D eigenvalue weighted by molar-refractivity contribution is 9.10. The number of pyridine rings is 1. The summed E-state index contributed by atoms with van der Waals surface area (Å²) in [6, 6.07) is 8.12. The highest BCUT2D eigenvalue weighted by Crippen LogP contribution is 2.25. The molecule has 0 saturated carbocycles. The zero-order chi connectivity index (χ0) is 11.5. The molecule has 0 saturated heterocycles. The van der Waals surface area contributed by atoms with Crippen LogP contribution in [-0.2, 0) is 0 Å². The van der Waals surface area contributed by atoms with Gasteiger partial charge in [0, 0.05) is 27.7 Å². The first-order chi connectivity index (χ1) is 7.68. The first kappa shape index (κ1) is 11.3. The van der Waals surface area contributed by atoms with Gasteiger partial charge in [-0.25, -0.2) is 0 Å². The Hall–Kier alpha value is -1.19. The van der Waals surface area contributed by atoms with Crippen LogP contribution in [0.4, 0.5) is 0 Å². The van der Waals surface area contributed by atoms with E-state index in [1.807, 2.05) is 37.3 Å². The SMILES string of the molecule is CC(N)/C=C/c1ccc(Br)c2cccnc12. The van der Waals surface area contributed by atoms with Gasteiger partial charge in [0.15, 0.2) is 0 Å². The summed E-state index contributed by atoms with van der Waals surface area (Å²) >= 11 is 3.52. The summed E-state index contributed by atoms with van der Waals surface area (Å²) < 4.78 is 1.06. The minimum Gasteiger partial charge on any atom is -0.325 e. The van der Waals surface area contributed by atoms with Gasteiger partial charge in [-0.15, -0.1) is 0 Å². The Balaban J connectivity index is 2.59. The zero-order valence-corrected chi connectivity index (χ0v) is 10.6. The van der Waals surface area contributed by atoms with Crippen molar-refractivity contribution < 1.29 is 0 Å². The van der Waals surface area contributed by atoms with Crippen molar-refractivity contribution in [1.29, 1.82) is 0 Å². The molecule has 0 radical (unpaired) electrons. The van der Waals surface area contributed by atoms with Gasteiger partial charge in [-0.1, -0.05) is 40.2 Å². The fourth-order valence-corrected chi connectivity index (χ4v) is 2.00. The molecule has 3 heteroatoms. The van der Waals surface area contributed by atoms with Crippen molar-refractivity contribution in [2.75, 3.05) is 0 Å². The number of aromatic nitrogens is 1. The molecule has 0 aliphatic heterocycles. The zero-order valence-electron chi connectivity index (χ0n) is 9.02. The number of nitrogens with zero attached hydrogens (tertiary/aromatic N) is 1. The maximum Gasteiger partial charge on any atom is 0.0785 e. The minimum atomic E-state index is 0.0578. The number of fused-ring (bicyclic) bond motifs is 1. The summed E-state index contributed by atoms with van der Waals surface area (Å²) in [5.41, 5.74) is 7.79. The van der Waals surface area contributed by atoms with Crippen molar-refractivity contribution in [3.63, 3.8) is 0 Å². The van der Waals surface area contributed by atoms with E-state index in [4.69, 9.17) is 5.73 Å². The maximum atomic E-state index is 5.70. The van der Waals surface area contributed by atoms with Gasteiger partial charge in [0.2, 0.25) is 0 Å². The van der Waals surface area contributed by atoms with Gasteiger partial charge in [-0.2, -0.15) is 0 Å². The molecule has 2 rings (SSSR count). The number of nitrogens with two attached hydrogens (primary N) is 1. The first-order valence-electron chi connectivity index (χ1n) is 5.15. The number of hydrogen-bond donors (Lipinski definition) is 1. The largest absolute Gasteiger partial charge is 0.325 e. The Morgan fingerprint density at radius 3 is 2.94 bits per heavy atom. The molecule has 1 aromatic heterocycles. The van der Waals surface area contributed by atoms with Gasteiger partial charge >= 0.3 is 0 Å². The molecule has 0 amide bonds. The second-order valence-electron chi connectivity index (χ2n) is 3.75. The molecule has 1 aromatic carbocycles. The number of hydrogen-bond acceptors (Lipinski definition) is 2. The summed E-state index contributed by atoms with van der Waals surface area (Å²) in [7, 11) is 0. The molecule has 2 N–H and O–H groups in total. The average molecular weight is 277 g/mol. The van der Waals surface area contributed by atoms with Crippen LogP contribution in [0.5, 0.6) is 0 Å². The van der Waals surface area contributed by atoms with Gasteiger partial charge in [0.1, 0.15) is 0 Å². The van der Waals surface area contributed by atoms with Crippen LogP contribution in [0, 0.1) is 0 Å². The summed E-state index contributed by atoms with van der Waals surface area (Å²) in [5.74, 6) is 0. The van der Waals surface area contributed by atoms with Crippen LogP contribution in [0.1, 0.15) is 12.5 Å². The van der Waals surface area contributed by atoms with Crippen molar-refractivity contribution in [1.82, 2.24) is 4.98 Å². The molecule has 2 aromatic rings. The molecular formula is C13H13BrN2. The summed E-state index contributed by atoms with van der Waals surface area (Å²) in [4.78, 5) is 4.40.